The summed E-state index contributed by atoms with van der Waals surface area (Å²) in [4.78, 5) is 64.3. The molecule has 0 radical (unpaired) electrons. The van der Waals surface area contributed by atoms with E-state index in [0.29, 0.717) is 29.6 Å². The number of nitrogens with one attached hydrogen (secondary N) is 2. The van der Waals surface area contributed by atoms with Crippen LogP contribution in [0.25, 0.3) is 0 Å². The maximum atomic E-state index is 13.9. The van der Waals surface area contributed by atoms with Gasteiger partial charge in [0.25, 0.3) is 5.91 Å². The first-order valence-electron chi connectivity index (χ1n) is 12.1. The van der Waals surface area contributed by atoms with E-state index in [1.807, 2.05) is 20.8 Å². The zero-order valence-electron chi connectivity index (χ0n) is 21.4. The lowest BCUT2D eigenvalue weighted by Gasteiger charge is -2.40. The van der Waals surface area contributed by atoms with E-state index in [9.17, 15) is 24.0 Å². The van der Waals surface area contributed by atoms with Gasteiger partial charge in [0.2, 0.25) is 11.8 Å². The lowest BCUT2D eigenvalue weighted by atomic mass is 9.84. The van der Waals surface area contributed by atoms with Gasteiger partial charge in [-0.3, -0.25) is 19.2 Å². The zero-order valence-corrected chi connectivity index (χ0v) is 21.4. The molecule has 1 aromatic rings. The molecule has 2 fully saturated rings. The van der Waals surface area contributed by atoms with Gasteiger partial charge in [0.05, 0.1) is 19.6 Å². The van der Waals surface area contributed by atoms with Crippen LogP contribution in [0.15, 0.2) is 18.2 Å². The van der Waals surface area contributed by atoms with Crippen molar-refractivity contribution in [1.82, 2.24) is 15.5 Å². The van der Waals surface area contributed by atoms with E-state index in [4.69, 9.17) is 9.84 Å². The lowest BCUT2D eigenvalue weighted by molar-refractivity contribution is -0.147. The average molecular weight is 502 g/mol. The Bertz CT molecular complexity index is 1050. The molecule has 1 aliphatic heterocycles. The number of piperidine rings is 1. The molecule has 36 heavy (non-hydrogen) atoms. The summed E-state index contributed by atoms with van der Waals surface area (Å²) in [5.41, 5.74) is 0.362. The van der Waals surface area contributed by atoms with Crippen LogP contribution in [-0.2, 0) is 19.2 Å². The van der Waals surface area contributed by atoms with Crippen LogP contribution in [0.2, 0.25) is 0 Å². The van der Waals surface area contributed by atoms with Gasteiger partial charge in [-0.15, -0.1) is 0 Å². The van der Waals surface area contributed by atoms with Crippen molar-refractivity contribution in [1.29, 1.82) is 0 Å². The maximum Gasteiger partial charge on any atom is 0.305 e. The Balaban J connectivity index is 1.86. The lowest BCUT2D eigenvalue weighted by Crippen LogP contribution is -2.61. The minimum absolute atomic E-state index is 0.0898. The molecule has 10 heteroatoms. The number of ether oxygens (including phenoxy) is 1. The third kappa shape index (κ3) is 5.52. The predicted octanol–water partition coefficient (Wildman–Crippen LogP) is 1.69. The monoisotopic (exact) mass is 501 g/mol. The number of fused-ring (bicyclic) bond motifs is 2. The van der Waals surface area contributed by atoms with E-state index in [1.54, 1.807) is 30.0 Å². The Kier molecular flexibility index (Phi) is 8.05. The molecular weight excluding hydrogens is 466 g/mol. The van der Waals surface area contributed by atoms with Gasteiger partial charge in [0, 0.05) is 17.2 Å². The molecular formula is C26H35N3O7. The second-order valence-electron chi connectivity index (χ2n) is 10.7. The predicted molar refractivity (Wildman–Crippen MR) is 130 cm³/mol. The van der Waals surface area contributed by atoms with E-state index in [-0.39, 0.29) is 17.9 Å². The van der Waals surface area contributed by atoms with Crippen LogP contribution in [0.4, 0.5) is 0 Å². The van der Waals surface area contributed by atoms with Gasteiger partial charge in [-0.25, -0.2) is 0 Å². The fourth-order valence-electron chi connectivity index (χ4n) is 5.32. The summed E-state index contributed by atoms with van der Waals surface area (Å²) in [6.07, 6.45) is 2.00. The minimum Gasteiger partial charge on any atom is -0.496 e. The molecule has 2 aliphatic rings. The minimum atomic E-state index is -1.21. The molecule has 1 heterocycles. The fourth-order valence-corrected chi connectivity index (χ4v) is 5.32. The van der Waals surface area contributed by atoms with Crippen molar-refractivity contribution in [3.8, 4) is 5.75 Å². The van der Waals surface area contributed by atoms with Crippen molar-refractivity contribution in [3.05, 3.63) is 29.3 Å². The standard InChI is InChI=1S/C26H35N3O7/c1-14-18(7-6-8-19(14)36-5)23(33)28-22(26(2,3)4)25(35)29-17-10-9-15(11-17)21(29)24(34)27-16(13-30)12-20(31)32/h6-8,13,15-17,21-22H,9-12H2,1-5H3,(H,27,34)(H,28,33)(H,31,32)/t15?,16?,17?,21-,22?/m0/s1. The quantitative estimate of drug-likeness (QED) is 0.437. The third-order valence-corrected chi connectivity index (χ3v) is 7.13. The van der Waals surface area contributed by atoms with E-state index >= 15 is 0 Å². The summed E-state index contributed by atoms with van der Waals surface area (Å²) >= 11 is 0. The first-order chi connectivity index (χ1) is 16.9. The Labute approximate surface area is 210 Å². The number of likely N-dealkylation sites (tertiary alicyclic amines) is 1. The first kappa shape index (κ1) is 27.2. The number of carbonyl (C=O) groups is 5. The van der Waals surface area contributed by atoms with Gasteiger partial charge in [0.1, 0.15) is 24.1 Å². The Hall–Kier alpha value is -3.43. The van der Waals surface area contributed by atoms with Gasteiger partial charge in [-0.05, 0) is 49.7 Å². The second kappa shape index (κ2) is 10.7. The van der Waals surface area contributed by atoms with Gasteiger partial charge in [-0.1, -0.05) is 26.8 Å². The average Bonchev–Trinajstić information content (AvgIpc) is 3.42. The summed E-state index contributed by atoms with van der Waals surface area (Å²) in [5.74, 6) is -2.08. The Morgan fingerprint density at radius 3 is 2.47 bits per heavy atom. The Morgan fingerprint density at radius 2 is 1.89 bits per heavy atom. The van der Waals surface area contributed by atoms with Crippen LogP contribution in [0, 0.1) is 18.3 Å². The largest absolute Gasteiger partial charge is 0.496 e. The van der Waals surface area contributed by atoms with Crippen LogP contribution < -0.4 is 15.4 Å². The fraction of sp³-hybridized carbons (Fsp3) is 0.577. The summed E-state index contributed by atoms with van der Waals surface area (Å²) in [5, 5.41) is 14.4. The van der Waals surface area contributed by atoms with E-state index in [2.05, 4.69) is 10.6 Å². The molecule has 0 spiro atoms. The zero-order chi connectivity index (χ0) is 26.8. The number of carbonyl (C=O) groups excluding carboxylic acids is 4. The second-order valence-corrected chi connectivity index (χ2v) is 10.7. The number of aliphatic carboxylic acids is 1. The summed E-state index contributed by atoms with van der Waals surface area (Å²) in [7, 11) is 1.52. The number of rotatable bonds is 9. The topological polar surface area (TPSA) is 142 Å². The molecule has 3 rings (SSSR count). The van der Waals surface area contributed by atoms with Crippen molar-refractivity contribution in [3.63, 3.8) is 0 Å². The van der Waals surface area contributed by atoms with Gasteiger partial charge in [0.15, 0.2) is 0 Å². The number of nitrogens with zero attached hydrogens (tertiary/aromatic N) is 1. The molecule has 1 aliphatic carbocycles. The molecule has 3 amide bonds. The summed E-state index contributed by atoms with van der Waals surface area (Å²) in [6.45, 7) is 7.29. The van der Waals surface area contributed by atoms with Gasteiger partial charge < -0.3 is 30.2 Å². The maximum absolute atomic E-state index is 13.9. The smallest absolute Gasteiger partial charge is 0.305 e. The normalized spacial score (nSPS) is 22.5. The first-order valence-corrected chi connectivity index (χ1v) is 12.1. The van der Waals surface area contributed by atoms with Crippen molar-refractivity contribution in [2.75, 3.05) is 7.11 Å². The van der Waals surface area contributed by atoms with Crippen LogP contribution in [0.1, 0.15) is 62.4 Å². The summed E-state index contributed by atoms with van der Waals surface area (Å²) < 4.78 is 5.31. The highest BCUT2D eigenvalue weighted by molar-refractivity contribution is 6.00. The molecule has 1 aromatic carbocycles. The highest BCUT2D eigenvalue weighted by atomic mass is 16.5. The number of carboxylic acid groups (broad SMARTS) is 1. The van der Waals surface area contributed by atoms with E-state index < -0.39 is 47.7 Å². The van der Waals surface area contributed by atoms with E-state index in [1.165, 1.54) is 7.11 Å². The van der Waals surface area contributed by atoms with Crippen LogP contribution >= 0.6 is 0 Å². The van der Waals surface area contributed by atoms with Gasteiger partial charge in [-0.2, -0.15) is 0 Å². The molecule has 10 nitrogen and oxygen atoms in total. The third-order valence-electron chi connectivity index (χ3n) is 7.13. The van der Waals surface area contributed by atoms with E-state index in [0.717, 1.165) is 12.8 Å². The number of methoxy groups -OCH3 is 1. The molecule has 0 aromatic heterocycles. The van der Waals surface area contributed by atoms with Gasteiger partial charge >= 0.3 is 5.97 Å². The van der Waals surface area contributed by atoms with Crippen molar-refractivity contribution in [2.24, 2.45) is 11.3 Å². The number of carboxylic acids is 1. The van der Waals surface area contributed by atoms with Crippen LogP contribution in [0.3, 0.4) is 0 Å². The van der Waals surface area contributed by atoms with Crippen LogP contribution in [0.5, 0.6) is 5.75 Å². The van der Waals surface area contributed by atoms with Crippen molar-refractivity contribution < 1.29 is 33.8 Å². The number of amides is 3. The highest BCUT2D eigenvalue weighted by Gasteiger charge is 2.53. The highest BCUT2D eigenvalue weighted by Crippen LogP contribution is 2.43. The molecule has 3 N–H and O–H groups in total. The number of benzene rings is 1. The molecule has 1 saturated heterocycles. The molecule has 2 bridgehead atoms. The molecule has 4 unspecified atom stereocenters. The van der Waals surface area contributed by atoms with Crippen LogP contribution in [-0.4, -0.2) is 71.3 Å². The molecule has 5 atom stereocenters. The molecule has 1 saturated carbocycles. The number of hydrogen-bond donors (Lipinski definition) is 3. The Morgan fingerprint density at radius 1 is 1.19 bits per heavy atom. The number of hydrogen-bond acceptors (Lipinski definition) is 6. The SMILES string of the molecule is COc1cccc(C(=O)NC(C(=O)N2C3CCC(C3)[C@H]2C(=O)NC(C=O)CC(=O)O)C(C)(C)C)c1C. The van der Waals surface area contributed by atoms with Crippen molar-refractivity contribution in [2.45, 2.75) is 77.5 Å². The summed E-state index contributed by atoms with van der Waals surface area (Å²) in [6, 6.07) is 2.02. The molecule has 196 valence electrons. The van der Waals surface area contributed by atoms with Crippen molar-refractivity contribution >= 4 is 30.0 Å². The number of aldehydes is 1.